The molecule has 0 fully saturated rings. The average Bonchev–Trinajstić information content (AvgIpc) is 2.15. The van der Waals surface area contributed by atoms with Crippen molar-refractivity contribution in [3.05, 3.63) is 34.9 Å². The molecule has 0 N–H and O–H groups in total. The molecule has 1 nitrogen and oxygen atoms in total. The number of hydrogen-bond acceptors (Lipinski definition) is 1. The normalized spacial score (nSPS) is 11.1. The van der Waals surface area contributed by atoms with Crippen molar-refractivity contribution in [2.24, 2.45) is 0 Å². The van der Waals surface area contributed by atoms with Gasteiger partial charge in [-0.1, -0.05) is 12.1 Å². The third-order valence-electron chi connectivity index (χ3n) is 2.13. The van der Waals surface area contributed by atoms with Crippen molar-refractivity contribution in [1.29, 1.82) is 5.26 Å². The van der Waals surface area contributed by atoms with Crippen LogP contribution in [0.1, 0.15) is 23.1 Å². The molecule has 1 rings (SSSR count). The monoisotopic (exact) mass is 213 g/mol. The van der Waals surface area contributed by atoms with Crippen LogP contribution in [0.15, 0.2) is 18.2 Å². The zero-order valence-corrected chi connectivity index (χ0v) is 8.23. The predicted octanol–water partition coefficient (Wildman–Crippen LogP) is 3.47. The van der Waals surface area contributed by atoms with Gasteiger partial charge in [0, 0.05) is 6.42 Å². The molecular weight excluding hydrogens is 203 g/mol. The highest BCUT2D eigenvalue weighted by atomic mass is 19.4. The van der Waals surface area contributed by atoms with E-state index in [9.17, 15) is 13.2 Å². The summed E-state index contributed by atoms with van der Waals surface area (Å²) in [5, 5.41) is 8.34. The predicted molar refractivity (Wildman–Crippen MR) is 50.1 cm³/mol. The molecule has 0 aliphatic rings. The quantitative estimate of drug-likeness (QED) is 0.737. The van der Waals surface area contributed by atoms with Crippen LogP contribution in [0, 0.1) is 18.3 Å². The largest absolute Gasteiger partial charge is 0.416 e. The fourth-order valence-corrected chi connectivity index (χ4v) is 1.33. The van der Waals surface area contributed by atoms with Gasteiger partial charge in [0.05, 0.1) is 11.6 Å². The van der Waals surface area contributed by atoms with E-state index >= 15 is 0 Å². The summed E-state index contributed by atoms with van der Waals surface area (Å²) in [6.45, 7) is 1.43. The Kier molecular flexibility index (Phi) is 3.35. The first-order chi connectivity index (χ1) is 6.95. The Morgan fingerprint density at radius 2 is 2.00 bits per heavy atom. The molecule has 0 saturated carbocycles. The zero-order chi connectivity index (χ0) is 11.5. The van der Waals surface area contributed by atoms with Crippen molar-refractivity contribution >= 4 is 0 Å². The lowest BCUT2D eigenvalue weighted by molar-refractivity contribution is -0.138. The SMILES string of the molecule is Cc1ccc(CCC#N)cc1C(F)(F)F. The van der Waals surface area contributed by atoms with Crippen LogP contribution in [0.2, 0.25) is 0 Å². The van der Waals surface area contributed by atoms with Gasteiger partial charge in [0.25, 0.3) is 0 Å². The molecule has 80 valence electrons. The zero-order valence-electron chi connectivity index (χ0n) is 8.23. The van der Waals surface area contributed by atoms with Crippen molar-refractivity contribution in [2.45, 2.75) is 25.9 Å². The first kappa shape index (κ1) is 11.6. The Morgan fingerprint density at radius 3 is 2.53 bits per heavy atom. The molecule has 0 amide bonds. The minimum atomic E-state index is -4.31. The second-order valence-electron chi connectivity index (χ2n) is 3.31. The highest BCUT2D eigenvalue weighted by Crippen LogP contribution is 2.32. The molecule has 0 atom stereocenters. The molecule has 1 aromatic rings. The van der Waals surface area contributed by atoms with Crippen molar-refractivity contribution in [2.75, 3.05) is 0 Å². The number of nitrogens with zero attached hydrogens (tertiary/aromatic N) is 1. The van der Waals surface area contributed by atoms with Gasteiger partial charge in [-0.25, -0.2) is 0 Å². The van der Waals surface area contributed by atoms with Crippen LogP contribution in [0.4, 0.5) is 13.2 Å². The molecule has 0 unspecified atom stereocenters. The fourth-order valence-electron chi connectivity index (χ4n) is 1.33. The lowest BCUT2D eigenvalue weighted by atomic mass is 10.0. The fraction of sp³-hybridized carbons (Fsp3) is 0.364. The Morgan fingerprint density at radius 1 is 1.33 bits per heavy atom. The van der Waals surface area contributed by atoms with Crippen LogP contribution in [0.3, 0.4) is 0 Å². The summed E-state index contributed by atoms with van der Waals surface area (Å²) in [7, 11) is 0. The van der Waals surface area contributed by atoms with Crippen LogP contribution in [-0.4, -0.2) is 0 Å². The second-order valence-corrected chi connectivity index (χ2v) is 3.31. The minimum absolute atomic E-state index is 0.211. The van der Waals surface area contributed by atoms with Crippen LogP contribution in [0.25, 0.3) is 0 Å². The Bertz CT molecular complexity index is 388. The molecular formula is C11H10F3N. The molecule has 4 heteroatoms. The maximum absolute atomic E-state index is 12.5. The molecule has 0 aromatic heterocycles. The lowest BCUT2D eigenvalue weighted by Gasteiger charge is -2.11. The van der Waals surface area contributed by atoms with Gasteiger partial charge >= 0.3 is 6.18 Å². The molecule has 0 aliphatic heterocycles. The molecule has 0 aliphatic carbocycles. The van der Waals surface area contributed by atoms with E-state index in [-0.39, 0.29) is 12.0 Å². The molecule has 15 heavy (non-hydrogen) atoms. The number of nitriles is 1. The van der Waals surface area contributed by atoms with E-state index in [2.05, 4.69) is 0 Å². The third kappa shape index (κ3) is 2.98. The number of halogens is 3. The van der Waals surface area contributed by atoms with E-state index in [1.54, 1.807) is 6.07 Å². The maximum atomic E-state index is 12.5. The lowest BCUT2D eigenvalue weighted by Crippen LogP contribution is -2.08. The Hall–Kier alpha value is -1.50. The van der Waals surface area contributed by atoms with Crippen LogP contribution >= 0.6 is 0 Å². The van der Waals surface area contributed by atoms with Gasteiger partial charge in [0.1, 0.15) is 0 Å². The van der Waals surface area contributed by atoms with Gasteiger partial charge in [0.15, 0.2) is 0 Å². The standard InChI is InChI=1S/C11H10F3N/c1-8-4-5-9(3-2-6-15)7-10(8)11(12,13)14/h4-5,7H,2-3H2,1H3. The van der Waals surface area contributed by atoms with Gasteiger partial charge in [0.2, 0.25) is 0 Å². The van der Waals surface area contributed by atoms with Crippen molar-refractivity contribution in [3.8, 4) is 6.07 Å². The van der Waals surface area contributed by atoms with E-state index < -0.39 is 11.7 Å². The Labute approximate surface area is 86.1 Å². The van der Waals surface area contributed by atoms with E-state index in [1.165, 1.54) is 13.0 Å². The van der Waals surface area contributed by atoms with E-state index in [0.29, 0.717) is 12.0 Å². The number of alkyl halides is 3. The molecule has 0 saturated heterocycles. The first-order valence-corrected chi connectivity index (χ1v) is 4.49. The molecule has 0 spiro atoms. The number of rotatable bonds is 2. The van der Waals surface area contributed by atoms with Crippen LogP contribution in [-0.2, 0) is 12.6 Å². The summed E-state index contributed by atoms with van der Waals surface area (Å²) in [6, 6.07) is 6.09. The number of benzene rings is 1. The van der Waals surface area contributed by atoms with E-state index in [1.807, 2.05) is 6.07 Å². The second kappa shape index (κ2) is 4.35. The number of aryl methyl sites for hydroxylation is 2. The Balaban J connectivity index is 3.02. The average molecular weight is 213 g/mol. The summed E-state index contributed by atoms with van der Waals surface area (Å²) < 4.78 is 37.5. The maximum Gasteiger partial charge on any atom is 0.416 e. The molecule has 0 bridgehead atoms. The van der Waals surface area contributed by atoms with E-state index in [0.717, 1.165) is 6.07 Å². The van der Waals surface area contributed by atoms with Gasteiger partial charge in [-0.2, -0.15) is 18.4 Å². The van der Waals surface area contributed by atoms with Gasteiger partial charge in [-0.05, 0) is 30.5 Å². The molecule has 0 heterocycles. The summed E-state index contributed by atoms with van der Waals surface area (Å²) in [5.41, 5.74) is 0.149. The van der Waals surface area contributed by atoms with Crippen molar-refractivity contribution < 1.29 is 13.2 Å². The summed E-state index contributed by atoms with van der Waals surface area (Å²) in [5.74, 6) is 0. The first-order valence-electron chi connectivity index (χ1n) is 4.49. The van der Waals surface area contributed by atoms with Gasteiger partial charge in [-0.3, -0.25) is 0 Å². The van der Waals surface area contributed by atoms with Crippen LogP contribution in [0.5, 0.6) is 0 Å². The molecule has 0 radical (unpaired) electrons. The summed E-state index contributed by atoms with van der Waals surface area (Å²) in [6.07, 6.45) is -3.72. The highest BCUT2D eigenvalue weighted by Gasteiger charge is 2.32. The smallest absolute Gasteiger partial charge is 0.198 e. The topological polar surface area (TPSA) is 23.8 Å². The van der Waals surface area contributed by atoms with Gasteiger partial charge < -0.3 is 0 Å². The summed E-state index contributed by atoms with van der Waals surface area (Å²) >= 11 is 0. The van der Waals surface area contributed by atoms with Gasteiger partial charge in [-0.15, -0.1) is 0 Å². The highest BCUT2D eigenvalue weighted by molar-refractivity contribution is 5.33. The third-order valence-corrected chi connectivity index (χ3v) is 2.13. The van der Waals surface area contributed by atoms with Crippen LogP contribution < -0.4 is 0 Å². The van der Waals surface area contributed by atoms with Crippen molar-refractivity contribution in [1.82, 2.24) is 0 Å². The minimum Gasteiger partial charge on any atom is -0.198 e. The summed E-state index contributed by atoms with van der Waals surface area (Å²) in [4.78, 5) is 0. The number of hydrogen-bond donors (Lipinski definition) is 0. The van der Waals surface area contributed by atoms with E-state index in [4.69, 9.17) is 5.26 Å². The van der Waals surface area contributed by atoms with Crippen molar-refractivity contribution in [3.63, 3.8) is 0 Å². The molecule has 1 aromatic carbocycles.